The number of ether oxygens (including phenoxy) is 1. The van der Waals surface area contributed by atoms with Crippen molar-refractivity contribution in [2.24, 2.45) is 0 Å². The lowest BCUT2D eigenvalue weighted by molar-refractivity contribution is -0.239. The van der Waals surface area contributed by atoms with Gasteiger partial charge in [-0.25, -0.2) is 13.2 Å². The second-order valence-corrected chi connectivity index (χ2v) is 2.57. The van der Waals surface area contributed by atoms with Crippen LogP contribution in [-0.4, -0.2) is 30.8 Å². The molecule has 2 unspecified atom stereocenters. The molecule has 0 N–H and O–H groups in total. The molecule has 0 aromatic rings. The first-order chi connectivity index (χ1) is 6.73. The van der Waals surface area contributed by atoms with Gasteiger partial charge in [-0.15, -0.1) is 0 Å². The Morgan fingerprint density at radius 1 is 1.27 bits per heavy atom. The third-order valence-electron chi connectivity index (χ3n) is 1.42. The first kappa shape index (κ1) is 14.0. The summed E-state index contributed by atoms with van der Waals surface area (Å²) in [5.41, 5.74) is 0. The van der Waals surface area contributed by atoms with Crippen LogP contribution in [0.4, 0.5) is 26.3 Å². The summed E-state index contributed by atoms with van der Waals surface area (Å²) in [4.78, 5) is 10.4. The van der Waals surface area contributed by atoms with Crippen molar-refractivity contribution >= 4 is 5.97 Å². The van der Waals surface area contributed by atoms with Gasteiger partial charge >= 0.3 is 18.2 Å². The van der Waals surface area contributed by atoms with Crippen molar-refractivity contribution in [3.63, 3.8) is 0 Å². The van der Waals surface area contributed by atoms with Gasteiger partial charge < -0.3 is 4.74 Å². The van der Waals surface area contributed by atoms with Gasteiger partial charge in [0.25, 0.3) is 6.43 Å². The first-order valence-corrected chi connectivity index (χ1v) is 3.87. The van der Waals surface area contributed by atoms with E-state index in [1.807, 2.05) is 0 Å². The van der Waals surface area contributed by atoms with Crippen molar-refractivity contribution in [2.75, 3.05) is 0 Å². The van der Waals surface area contributed by atoms with Crippen molar-refractivity contribution in [2.45, 2.75) is 38.2 Å². The van der Waals surface area contributed by atoms with Crippen molar-refractivity contribution in [3.05, 3.63) is 0 Å². The van der Waals surface area contributed by atoms with Crippen LogP contribution in [0.3, 0.4) is 0 Å². The third kappa shape index (κ3) is 3.60. The van der Waals surface area contributed by atoms with Crippen LogP contribution in [0.1, 0.15) is 13.3 Å². The predicted octanol–water partition coefficient (Wildman–Crippen LogP) is 2.47. The van der Waals surface area contributed by atoms with E-state index in [4.69, 9.17) is 0 Å². The molecule has 0 spiro atoms. The summed E-state index contributed by atoms with van der Waals surface area (Å²) in [6.45, 7) is 1.17. The molecule has 2 nitrogen and oxygen atoms in total. The lowest BCUT2D eigenvalue weighted by Gasteiger charge is -2.23. The highest BCUT2D eigenvalue weighted by Crippen LogP contribution is 2.32. The molecule has 90 valence electrons. The fourth-order valence-electron chi connectivity index (χ4n) is 0.570. The summed E-state index contributed by atoms with van der Waals surface area (Å²) in [5.74, 6) is -6.43. The maximum Gasteiger partial charge on any atom is 0.349 e. The lowest BCUT2D eigenvalue weighted by Crippen LogP contribution is -2.45. The molecule has 0 saturated heterocycles. The average Bonchev–Trinajstić information content (AvgIpc) is 2.15. The normalized spacial score (nSPS) is 16.3. The highest BCUT2D eigenvalue weighted by atomic mass is 19.3. The third-order valence-corrected chi connectivity index (χ3v) is 1.42. The van der Waals surface area contributed by atoms with Crippen LogP contribution in [0.5, 0.6) is 0 Å². The Hall–Kier alpha value is -0.950. The van der Waals surface area contributed by atoms with E-state index in [0.29, 0.717) is 0 Å². The van der Waals surface area contributed by atoms with Crippen molar-refractivity contribution in [3.8, 4) is 0 Å². The van der Waals surface area contributed by atoms with Crippen molar-refractivity contribution < 1.29 is 35.9 Å². The van der Waals surface area contributed by atoms with E-state index in [9.17, 15) is 31.1 Å². The number of esters is 1. The van der Waals surface area contributed by atoms with Gasteiger partial charge in [0.2, 0.25) is 6.17 Å². The monoisotopic (exact) mass is 238 g/mol. The summed E-state index contributed by atoms with van der Waals surface area (Å²) in [5, 5.41) is 0. The molecule has 0 aromatic heterocycles. The van der Waals surface area contributed by atoms with Gasteiger partial charge in [0, 0.05) is 6.42 Å². The highest BCUT2D eigenvalue weighted by Gasteiger charge is 2.55. The molecule has 0 aliphatic rings. The van der Waals surface area contributed by atoms with Gasteiger partial charge in [0.05, 0.1) is 0 Å². The van der Waals surface area contributed by atoms with Crippen LogP contribution in [0, 0.1) is 0 Å². The zero-order valence-corrected chi connectivity index (χ0v) is 7.52. The maximum atomic E-state index is 12.5. The Kier molecular flexibility index (Phi) is 4.89. The lowest BCUT2D eigenvalue weighted by atomic mass is 10.2. The van der Waals surface area contributed by atoms with Crippen LogP contribution in [0.2, 0.25) is 0 Å². The van der Waals surface area contributed by atoms with E-state index in [0.717, 1.165) is 0 Å². The molecule has 0 aliphatic heterocycles. The smallest absolute Gasteiger partial charge is 0.349 e. The topological polar surface area (TPSA) is 26.3 Å². The number of carbonyl (C=O) groups excluding carboxylic acids is 1. The Morgan fingerprint density at radius 2 is 1.73 bits per heavy atom. The van der Waals surface area contributed by atoms with Crippen molar-refractivity contribution in [1.82, 2.24) is 0 Å². The Bertz CT molecular complexity index is 220. The number of halogens is 6. The first-order valence-electron chi connectivity index (χ1n) is 3.87. The van der Waals surface area contributed by atoms with E-state index in [2.05, 4.69) is 4.74 Å². The summed E-state index contributed by atoms with van der Waals surface area (Å²) in [6, 6.07) is 0. The second kappa shape index (κ2) is 5.22. The van der Waals surface area contributed by atoms with Gasteiger partial charge in [-0.2, -0.15) is 13.2 Å². The molecule has 0 aromatic carbocycles. The molecule has 0 amide bonds. The summed E-state index contributed by atoms with van der Waals surface area (Å²) in [6.07, 6.45) is -12.2. The van der Waals surface area contributed by atoms with Gasteiger partial charge in [-0.1, -0.05) is 6.92 Å². The van der Waals surface area contributed by atoms with Gasteiger partial charge in [-0.05, 0) is 0 Å². The van der Waals surface area contributed by atoms with Crippen LogP contribution in [0.15, 0.2) is 0 Å². The van der Waals surface area contributed by atoms with E-state index in [1.54, 1.807) is 0 Å². The molecule has 0 bridgehead atoms. The molecular weight excluding hydrogens is 230 g/mol. The number of alkyl halides is 6. The average molecular weight is 238 g/mol. The summed E-state index contributed by atoms with van der Waals surface area (Å²) >= 11 is 0. The zero-order valence-electron chi connectivity index (χ0n) is 7.52. The zero-order chi connectivity index (χ0) is 12.2. The SMILES string of the molecule is CCC(=O)OC(F)C(F)(F)C(F)C(F)F. The van der Waals surface area contributed by atoms with Crippen LogP contribution < -0.4 is 0 Å². The molecule has 8 heteroatoms. The highest BCUT2D eigenvalue weighted by molar-refractivity contribution is 5.69. The number of carbonyl (C=O) groups is 1. The van der Waals surface area contributed by atoms with Crippen molar-refractivity contribution in [1.29, 1.82) is 0 Å². The minimum Gasteiger partial charge on any atom is -0.424 e. The molecule has 0 saturated carbocycles. The number of rotatable bonds is 5. The van der Waals surface area contributed by atoms with E-state index in [-0.39, 0.29) is 0 Å². The molecule has 0 rings (SSSR count). The predicted molar refractivity (Wildman–Crippen MR) is 37.1 cm³/mol. The molecule has 15 heavy (non-hydrogen) atoms. The molecule has 0 aliphatic carbocycles. The van der Waals surface area contributed by atoms with Gasteiger partial charge in [-0.3, -0.25) is 4.79 Å². The van der Waals surface area contributed by atoms with Crippen LogP contribution in [0.25, 0.3) is 0 Å². The number of hydrogen-bond acceptors (Lipinski definition) is 2. The van der Waals surface area contributed by atoms with Crippen LogP contribution >= 0.6 is 0 Å². The Balaban J connectivity index is 4.50. The fraction of sp³-hybridized carbons (Fsp3) is 0.857. The minimum atomic E-state index is -5.06. The Labute approximate surface area is 81.2 Å². The van der Waals surface area contributed by atoms with E-state index in [1.165, 1.54) is 6.92 Å². The quantitative estimate of drug-likeness (QED) is 0.543. The van der Waals surface area contributed by atoms with Crippen LogP contribution in [-0.2, 0) is 9.53 Å². The molecule has 0 radical (unpaired) electrons. The fourth-order valence-corrected chi connectivity index (χ4v) is 0.570. The molecule has 0 fully saturated rings. The minimum absolute atomic E-state index is 0.428. The molecule has 0 heterocycles. The second-order valence-electron chi connectivity index (χ2n) is 2.57. The summed E-state index contributed by atoms with van der Waals surface area (Å²) < 4.78 is 76.0. The number of hydrogen-bond donors (Lipinski definition) is 0. The van der Waals surface area contributed by atoms with Gasteiger partial charge in [0.1, 0.15) is 0 Å². The standard InChI is InChI=1S/C7H8F6O2/c1-2-3(14)15-6(11)7(12,13)4(8)5(9)10/h4-6H,2H2,1H3. The van der Waals surface area contributed by atoms with E-state index < -0.39 is 37.3 Å². The maximum absolute atomic E-state index is 12.5. The van der Waals surface area contributed by atoms with E-state index >= 15 is 0 Å². The molecular formula is C7H8F6O2. The largest absolute Gasteiger partial charge is 0.424 e. The Morgan fingerprint density at radius 3 is 2.07 bits per heavy atom. The van der Waals surface area contributed by atoms with Gasteiger partial charge in [0.15, 0.2) is 0 Å². The molecule has 2 atom stereocenters. The summed E-state index contributed by atoms with van der Waals surface area (Å²) in [7, 11) is 0.